The van der Waals surface area contributed by atoms with Crippen molar-refractivity contribution in [2.24, 2.45) is 17.8 Å². The lowest BCUT2D eigenvalue weighted by Crippen LogP contribution is -2.54. The lowest BCUT2D eigenvalue weighted by molar-refractivity contribution is -0.149. The molecule has 0 aliphatic heterocycles. The highest BCUT2D eigenvalue weighted by Gasteiger charge is 2.37. The molecule has 0 saturated carbocycles. The Labute approximate surface area is 350 Å². The number of aromatic nitrogens is 1. The van der Waals surface area contributed by atoms with Crippen LogP contribution in [0.5, 0.6) is 0 Å². The normalized spacial score (nSPS) is 15.1. The summed E-state index contributed by atoms with van der Waals surface area (Å²) in [5, 5.41) is 17.4. The summed E-state index contributed by atoms with van der Waals surface area (Å²) in [7, 11) is 1.68. The fourth-order valence-electron chi connectivity index (χ4n) is 7.75. The molecule has 2 unspecified atom stereocenters. The number of hydrogen-bond donors (Lipinski definition) is 3. The van der Waals surface area contributed by atoms with Crippen molar-refractivity contribution < 1.29 is 38.6 Å². The fraction of sp³-hybridized carbons (Fsp3) is 0.435. The Hall–Kier alpha value is -5.56. The van der Waals surface area contributed by atoms with Gasteiger partial charge < -0.3 is 30.1 Å². The van der Waals surface area contributed by atoms with Crippen molar-refractivity contribution in [3.63, 3.8) is 0 Å². The molecule has 59 heavy (non-hydrogen) atoms. The molecule has 13 heteroatoms. The standard InChI is InChI=1S/C46H56N4O8S/c1-8-28(4)41(49-46(56)57-25-37-35-20-14-12-18-33(35)34-19-13-15-21-36(34)37)44(53)50(7)39(27(2)3)24-40(58-30(6)51)43-48-38(26-59-43)42(52)47-32(22-29(5)45(54)55)23-31-16-10-9-11-17-31/h9-21,26-29,32,37,39-41H,8,22-25H2,1-7H3,(H,47,52)(H,49,56)(H,54,55)/t28?,29-,32+,39+,40?,41-/m0/s1. The van der Waals surface area contributed by atoms with E-state index in [0.717, 1.165) is 39.2 Å². The lowest BCUT2D eigenvalue weighted by Gasteiger charge is -2.36. The third kappa shape index (κ3) is 11.3. The van der Waals surface area contributed by atoms with E-state index in [-0.39, 0.29) is 48.8 Å². The van der Waals surface area contributed by atoms with Gasteiger partial charge in [0.2, 0.25) is 5.91 Å². The first-order valence-corrected chi connectivity index (χ1v) is 21.1. The van der Waals surface area contributed by atoms with Gasteiger partial charge in [-0.25, -0.2) is 9.78 Å². The Morgan fingerprint density at radius 1 is 0.864 bits per heavy atom. The van der Waals surface area contributed by atoms with Gasteiger partial charge in [0.15, 0.2) is 6.10 Å². The van der Waals surface area contributed by atoms with Gasteiger partial charge in [-0.1, -0.05) is 120 Å². The first-order valence-electron chi connectivity index (χ1n) is 20.3. The minimum atomic E-state index is -0.955. The molecule has 0 bridgehead atoms. The number of thiazole rings is 1. The number of nitrogens with zero attached hydrogens (tertiary/aromatic N) is 2. The van der Waals surface area contributed by atoms with Crippen LogP contribution < -0.4 is 10.6 Å². The van der Waals surface area contributed by atoms with Crippen LogP contribution >= 0.6 is 11.3 Å². The number of ether oxygens (including phenoxy) is 2. The molecule has 3 aromatic carbocycles. The second-order valence-electron chi connectivity index (χ2n) is 15.8. The topological polar surface area (TPSA) is 164 Å². The number of benzene rings is 3. The summed E-state index contributed by atoms with van der Waals surface area (Å²) in [4.78, 5) is 71.6. The van der Waals surface area contributed by atoms with E-state index in [9.17, 15) is 29.1 Å². The van der Waals surface area contributed by atoms with Gasteiger partial charge in [-0.2, -0.15) is 0 Å². The van der Waals surface area contributed by atoms with E-state index in [1.54, 1.807) is 24.3 Å². The summed E-state index contributed by atoms with van der Waals surface area (Å²) in [6.07, 6.45) is -0.129. The molecule has 3 amide bonds. The van der Waals surface area contributed by atoms with Crippen molar-refractivity contribution in [3.05, 3.63) is 112 Å². The molecule has 0 saturated heterocycles. The van der Waals surface area contributed by atoms with Gasteiger partial charge >= 0.3 is 18.0 Å². The van der Waals surface area contributed by atoms with Crippen molar-refractivity contribution in [3.8, 4) is 11.1 Å². The fourth-order valence-corrected chi connectivity index (χ4v) is 8.59. The van der Waals surface area contributed by atoms with Crippen molar-refractivity contribution in [1.29, 1.82) is 0 Å². The van der Waals surface area contributed by atoms with Crippen molar-refractivity contribution in [2.75, 3.05) is 13.7 Å². The van der Waals surface area contributed by atoms with E-state index in [4.69, 9.17) is 9.47 Å². The maximum Gasteiger partial charge on any atom is 0.407 e. The maximum absolute atomic E-state index is 14.3. The molecule has 1 aliphatic rings. The van der Waals surface area contributed by atoms with Crippen LogP contribution in [-0.2, 0) is 30.3 Å². The number of rotatable bonds is 19. The highest BCUT2D eigenvalue weighted by Crippen LogP contribution is 2.44. The van der Waals surface area contributed by atoms with Crippen LogP contribution in [0.3, 0.4) is 0 Å². The molecule has 6 atom stereocenters. The first-order chi connectivity index (χ1) is 28.2. The van der Waals surface area contributed by atoms with Crippen LogP contribution in [0.4, 0.5) is 4.79 Å². The number of likely N-dealkylation sites (N-methyl/N-ethyl adjacent to an activating group) is 1. The molecule has 0 spiro atoms. The Morgan fingerprint density at radius 2 is 1.47 bits per heavy atom. The highest BCUT2D eigenvalue weighted by atomic mass is 32.1. The predicted molar refractivity (Wildman–Crippen MR) is 227 cm³/mol. The zero-order chi connectivity index (χ0) is 42.8. The van der Waals surface area contributed by atoms with Gasteiger partial charge in [0.1, 0.15) is 23.4 Å². The van der Waals surface area contributed by atoms with E-state index in [0.29, 0.717) is 17.8 Å². The molecule has 3 N–H and O–H groups in total. The number of carbonyl (C=O) groups is 5. The highest BCUT2D eigenvalue weighted by molar-refractivity contribution is 7.09. The first kappa shape index (κ1) is 44.5. The summed E-state index contributed by atoms with van der Waals surface area (Å²) in [6.45, 7) is 10.8. The molecule has 4 aromatic rings. The minimum Gasteiger partial charge on any atom is -0.481 e. The number of hydrogen-bond acceptors (Lipinski definition) is 9. The van der Waals surface area contributed by atoms with Gasteiger partial charge in [0, 0.05) is 43.8 Å². The van der Waals surface area contributed by atoms with E-state index in [1.807, 2.05) is 94.4 Å². The number of carboxylic acid groups (broad SMARTS) is 1. The van der Waals surface area contributed by atoms with Gasteiger partial charge in [-0.15, -0.1) is 11.3 Å². The maximum atomic E-state index is 14.3. The zero-order valence-corrected chi connectivity index (χ0v) is 35.7. The molecular weight excluding hydrogens is 769 g/mol. The van der Waals surface area contributed by atoms with Gasteiger partial charge in [-0.05, 0) is 52.5 Å². The van der Waals surface area contributed by atoms with E-state index in [1.165, 1.54) is 6.92 Å². The number of carbonyl (C=O) groups excluding carboxylic acids is 4. The van der Waals surface area contributed by atoms with Crippen LogP contribution in [0.25, 0.3) is 11.1 Å². The number of esters is 1. The summed E-state index contributed by atoms with van der Waals surface area (Å²) in [5.74, 6) is -3.45. The third-order valence-corrected chi connectivity index (χ3v) is 12.2. The molecule has 0 fully saturated rings. The lowest BCUT2D eigenvalue weighted by atomic mass is 9.93. The smallest absolute Gasteiger partial charge is 0.407 e. The summed E-state index contributed by atoms with van der Waals surface area (Å²) in [5.41, 5.74) is 5.47. The SMILES string of the molecule is CCC(C)[C@H](NC(=O)OCC1c2ccccc2-c2ccccc21)C(=O)N(C)[C@H](CC(OC(C)=O)c1nc(C(=O)N[C@@H](Cc2ccccc2)C[C@H](C)C(=O)O)cs1)C(C)C. The Bertz CT molecular complexity index is 2040. The number of aliphatic carboxylic acids is 1. The van der Waals surface area contributed by atoms with Crippen LogP contribution in [-0.4, -0.2) is 76.6 Å². The second kappa shape index (κ2) is 20.4. The molecule has 314 valence electrons. The number of carboxylic acids is 1. The molecule has 12 nitrogen and oxygen atoms in total. The third-order valence-electron chi connectivity index (χ3n) is 11.2. The molecule has 1 heterocycles. The number of nitrogens with one attached hydrogen (secondary N) is 2. The van der Waals surface area contributed by atoms with Crippen molar-refractivity contribution in [2.45, 2.75) is 97.4 Å². The van der Waals surface area contributed by atoms with Crippen LogP contribution in [0.2, 0.25) is 0 Å². The largest absolute Gasteiger partial charge is 0.481 e. The van der Waals surface area contributed by atoms with Gasteiger partial charge in [-0.3, -0.25) is 19.2 Å². The summed E-state index contributed by atoms with van der Waals surface area (Å²) < 4.78 is 11.6. The Balaban J connectivity index is 1.28. The average Bonchev–Trinajstić information content (AvgIpc) is 3.84. The number of amides is 3. The molecule has 0 radical (unpaired) electrons. The number of fused-ring (bicyclic) bond motifs is 3. The van der Waals surface area contributed by atoms with Gasteiger partial charge in [0.25, 0.3) is 5.91 Å². The zero-order valence-electron chi connectivity index (χ0n) is 34.8. The van der Waals surface area contributed by atoms with E-state index >= 15 is 0 Å². The number of alkyl carbamates (subject to hydrolysis) is 1. The Morgan fingerprint density at radius 3 is 2.05 bits per heavy atom. The molecule has 1 aromatic heterocycles. The monoisotopic (exact) mass is 824 g/mol. The van der Waals surface area contributed by atoms with Crippen LogP contribution in [0.15, 0.2) is 84.2 Å². The van der Waals surface area contributed by atoms with Crippen molar-refractivity contribution in [1.82, 2.24) is 20.5 Å². The van der Waals surface area contributed by atoms with E-state index < -0.39 is 54.1 Å². The summed E-state index contributed by atoms with van der Waals surface area (Å²) >= 11 is 1.16. The molecule has 5 rings (SSSR count). The second-order valence-corrected chi connectivity index (χ2v) is 16.7. The van der Waals surface area contributed by atoms with Crippen LogP contribution in [0.1, 0.15) is 105 Å². The Kier molecular flexibility index (Phi) is 15.4. The summed E-state index contributed by atoms with van der Waals surface area (Å²) in [6, 6.07) is 23.8. The van der Waals surface area contributed by atoms with Crippen molar-refractivity contribution >= 4 is 41.2 Å². The van der Waals surface area contributed by atoms with Gasteiger partial charge in [0.05, 0.1) is 5.92 Å². The predicted octanol–water partition coefficient (Wildman–Crippen LogP) is 8.03. The molecular formula is C46H56N4O8S. The quantitative estimate of drug-likeness (QED) is 0.0795. The minimum absolute atomic E-state index is 0.105. The van der Waals surface area contributed by atoms with Crippen LogP contribution in [0, 0.1) is 17.8 Å². The molecule has 1 aliphatic carbocycles. The average molecular weight is 825 g/mol. The van der Waals surface area contributed by atoms with E-state index in [2.05, 4.69) is 27.8 Å².